The van der Waals surface area contributed by atoms with Crippen molar-refractivity contribution in [3.8, 4) is 44.8 Å². The predicted molar refractivity (Wildman–Crippen MR) is 256 cm³/mol. The molecule has 0 aliphatic heterocycles. The van der Waals surface area contributed by atoms with Gasteiger partial charge in [0.1, 0.15) is 0 Å². The molecule has 0 fully saturated rings. The van der Waals surface area contributed by atoms with Gasteiger partial charge in [0.25, 0.3) is 0 Å². The number of rotatable bonds is 4. The lowest BCUT2D eigenvalue weighted by atomic mass is 9.93. The lowest BCUT2D eigenvalue weighted by Crippen LogP contribution is -1.90. The summed E-state index contributed by atoms with van der Waals surface area (Å²) in [5.74, 6) is 0. The van der Waals surface area contributed by atoms with Crippen LogP contribution >= 0.6 is 0 Å². The van der Waals surface area contributed by atoms with Crippen LogP contribution in [0.5, 0.6) is 0 Å². The van der Waals surface area contributed by atoms with Crippen LogP contribution in [0.15, 0.2) is 194 Å². The SMILES string of the molecule is Cc1ccc(-c2ccc3ccc4ccc(-c5ccc6ccc(-c7ccc8ccc9ccc(-c%10ccc(C)c%11ccccc%10%11)cc9c8n7)cc6c5)nc4c3c2)c2ccccc12. The number of fused-ring (bicyclic) bond motifs is 9. The Kier molecular flexibility index (Phi) is 7.70. The summed E-state index contributed by atoms with van der Waals surface area (Å²) in [5, 5.41) is 14.4. The van der Waals surface area contributed by atoms with Crippen molar-refractivity contribution in [2.24, 2.45) is 0 Å². The van der Waals surface area contributed by atoms with E-state index in [0.29, 0.717) is 0 Å². The van der Waals surface area contributed by atoms with Crippen molar-refractivity contribution in [1.82, 2.24) is 9.97 Å². The van der Waals surface area contributed by atoms with Gasteiger partial charge in [-0.05, 0) is 127 Å². The van der Waals surface area contributed by atoms with E-state index in [9.17, 15) is 0 Å². The first-order valence-corrected chi connectivity index (χ1v) is 20.7. The Morgan fingerprint density at radius 3 is 1.13 bits per heavy atom. The van der Waals surface area contributed by atoms with Gasteiger partial charge in [-0.3, -0.25) is 0 Å². The van der Waals surface area contributed by atoms with Crippen LogP contribution in [-0.2, 0) is 0 Å². The van der Waals surface area contributed by atoms with E-state index in [2.05, 4.69) is 208 Å². The van der Waals surface area contributed by atoms with Gasteiger partial charge >= 0.3 is 0 Å². The Balaban J connectivity index is 0.942. The van der Waals surface area contributed by atoms with Crippen LogP contribution in [0.2, 0.25) is 0 Å². The zero-order valence-corrected chi connectivity index (χ0v) is 33.4. The molecule has 2 heteroatoms. The molecule has 12 rings (SSSR count). The minimum atomic E-state index is 0.959. The van der Waals surface area contributed by atoms with Crippen molar-refractivity contribution >= 4 is 75.7 Å². The summed E-state index contributed by atoms with van der Waals surface area (Å²) in [6.07, 6.45) is 0. The summed E-state index contributed by atoms with van der Waals surface area (Å²) in [6.45, 7) is 4.37. The molecular weight excluding hydrogens is 725 g/mol. The molecule has 0 aliphatic rings. The number of hydrogen-bond acceptors (Lipinski definition) is 2. The van der Waals surface area contributed by atoms with E-state index in [1.54, 1.807) is 0 Å². The van der Waals surface area contributed by atoms with Gasteiger partial charge in [-0.2, -0.15) is 0 Å². The fourth-order valence-electron chi connectivity index (χ4n) is 9.44. The molecule has 0 radical (unpaired) electrons. The predicted octanol–water partition coefficient (Wildman–Crippen LogP) is 15.8. The quantitative estimate of drug-likeness (QED) is 0.167. The van der Waals surface area contributed by atoms with Crippen molar-refractivity contribution in [2.45, 2.75) is 13.8 Å². The molecule has 0 atom stereocenters. The third-order valence-corrected chi connectivity index (χ3v) is 12.7. The lowest BCUT2D eigenvalue weighted by molar-refractivity contribution is 1.41. The molecule has 0 bridgehead atoms. The van der Waals surface area contributed by atoms with Crippen molar-refractivity contribution in [3.63, 3.8) is 0 Å². The fraction of sp³-hybridized carbons (Fsp3) is 0.0345. The average Bonchev–Trinajstić information content (AvgIpc) is 3.31. The second-order valence-corrected chi connectivity index (χ2v) is 16.3. The summed E-state index contributed by atoms with van der Waals surface area (Å²) < 4.78 is 0. The smallest absolute Gasteiger partial charge is 0.0788 e. The first-order chi connectivity index (χ1) is 29.5. The van der Waals surface area contributed by atoms with E-state index in [0.717, 1.165) is 60.5 Å². The van der Waals surface area contributed by atoms with Crippen LogP contribution in [0.25, 0.3) is 120 Å². The maximum absolute atomic E-state index is 5.37. The molecule has 10 aromatic carbocycles. The summed E-state index contributed by atoms with van der Waals surface area (Å²) in [7, 11) is 0. The average molecular weight is 763 g/mol. The first kappa shape index (κ1) is 34.4. The number of aromatic nitrogens is 2. The molecule has 0 saturated carbocycles. The Bertz CT molecular complexity index is 3500. The van der Waals surface area contributed by atoms with E-state index in [1.165, 1.54) is 71.1 Å². The summed E-state index contributed by atoms with van der Waals surface area (Å²) in [6, 6.07) is 70.9. The van der Waals surface area contributed by atoms with Gasteiger partial charge in [0.05, 0.1) is 22.4 Å². The zero-order valence-electron chi connectivity index (χ0n) is 33.4. The zero-order chi connectivity index (χ0) is 39.9. The van der Waals surface area contributed by atoms with Gasteiger partial charge in [-0.1, -0.05) is 158 Å². The monoisotopic (exact) mass is 762 g/mol. The van der Waals surface area contributed by atoms with Gasteiger partial charge in [-0.25, -0.2) is 9.97 Å². The molecule has 2 heterocycles. The van der Waals surface area contributed by atoms with Gasteiger partial charge in [0.15, 0.2) is 0 Å². The van der Waals surface area contributed by atoms with E-state index in [1.807, 2.05) is 0 Å². The topological polar surface area (TPSA) is 25.8 Å². The number of hydrogen-bond donors (Lipinski definition) is 0. The number of aryl methyl sites for hydroxylation is 2. The molecule has 0 unspecified atom stereocenters. The van der Waals surface area contributed by atoms with E-state index in [4.69, 9.17) is 9.97 Å². The van der Waals surface area contributed by atoms with Crippen LogP contribution in [0.1, 0.15) is 11.1 Å². The van der Waals surface area contributed by atoms with Crippen molar-refractivity contribution in [1.29, 1.82) is 0 Å². The van der Waals surface area contributed by atoms with Crippen molar-refractivity contribution < 1.29 is 0 Å². The number of benzene rings is 10. The summed E-state index contributed by atoms with van der Waals surface area (Å²) >= 11 is 0. The molecule has 2 aromatic heterocycles. The highest BCUT2D eigenvalue weighted by atomic mass is 14.7. The third-order valence-electron chi connectivity index (χ3n) is 12.7. The molecule has 60 heavy (non-hydrogen) atoms. The highest BCUT2D eigenvalue weighted by Crippen LogP contribution is 2.38. The van der Waals surface area contributed by atoms with E-state index in [-0.39, 0.29) is 0 Å². The maximum atomic E-state index is 5.37. The summed E-state index contributed by atoms with van der Waals surface area (Å²) in [4.78, 5) is 10.7. The molecule has 0 spiro atoms. The van der Waals surface area contributed by atoms with Crippen LogP contribution < -0.4 is 0 Å². The Labute approximate surface area is 348 Å². The van der Waals surface area contributed by atoms with Gasteiger partial charge in [0.2, 0.25) is 0 Å². The molecule has 0 aliphatic carbocycles. The van der Waals surface area contributed by atoms with Gasteiger partial charge < -0.3 is 0 Å². The summed E-state index contributed by atoms with van der Waals surface area (Å²) in [5.41, 5.74) is 13.6. The molecule has 0 saturated heterocycles. The molecule has 280 valence electrons. The standard InChI is InChI=1S/C58H38N2/c1-35-11-27-49(51-9-5-3-7-47(35)51)42-21-17-38-15-19-40-25-29-55(59-57(40)53(38)33-42)44-23-13-37-14-24-45(32-46(37)31-44)56-30-26-41-20-16-39-18-22-43(34-54(39)58(41)60-56)50-28-12-36(2)48-8-4-6-10-52(48)50/h3-34H,1-2H3. The second-order valence-electron chi connectivity index (χ2n) is 16.3. The van der Waals surface area contributed by atoms with Crippen LogP contribution in [0.3, 0.4) is 0 Å². The Morgan fingerprint density at radius 1 is 0.267 bits per heavy atom. The highest BCUT2D eigenvalue weighted by Gasteiger charge is 2.13. The van der Waals surface area contributed by atoms with Gasteiger partial charge in [-0.15, -0.1) is 0 Å². The van der Waals surface area contributed by atoms with Gasteiger partial charge in [0, 0.05) is 32.7 Å². The lowest BCUT2D eigenvalue weighted by Gasteiger charge is -2.12. The van der Waals surface area contributed by atoms with Crippen LogP contribution in [-0.4, -0.2) is 9.97 Å². The molecule has 0 amide bonds. The normalized spacial score (nSPS) is 11.8. The van der Waals surface area contributed by atoms with Crippen LogP contribution in [0.4, 0.5) is 0 Å². The molecule has 2 nitrogen and oxygen atoms in total. The number of nitrogens with zero attached hydrogens (tertiary/aromatic N) is 2. The number of pyridine rings is 2. The minimum Gasteiger partial charge on any atom is -0.247 e. The molecule has 12 aromatic rings. The molecular formula is C58H38N2. The Morgan fingerprint density at radius 2 is 0.650 bits per heavy atom. The minimum absolute atomic E-state index is 0.959. The largest absolute Gasteiger partial charge is 0.247 e. The fourth-order valence-corrected chi connectivity index (χ4v) is 9.44. The second kappa shape index (κ2) is 13.4. The highest BCUT2D eigenvalue weighted by molar-refractivity contribution is 6.10. The van der Waals surface area contributed by atoms with E-state index < -0.39 is 0 Å². The van der Waals surface area contributed by atoms with Crippen molar-refractivity contribution in [2.75, 3.05) is 0 Å². The molecule has 0 N–H and O–H groups in total. The Hall–Kier alpha value is -7.68. The van der Waals surface area contributed by atoms with Crippen molar-refractivity contribution in [3.05, 3.63) is 205 Å². The maximum Gasteiger partial charge on any atom is 0.0788 e. The first-order valence-electron chi connectivity index (χ1n) is 20.7. The van der Waals surface area contributed by atoms with Crippen LogP contribution in [0, 0.1) is 13.8 Å². The van der Waals surface area contributed by atoms with E-state index >= 15 is 0 Å². The third kappa shape index (κ3) is 5.56.